The van der Waals surface area contributed by atoms with Crippen LogP contribution in [0.5, 0.6) is 5.75 Å². The van der Waals surface area contributed by atoms with E-state index in [1.807, 2.05) is 24.3 Å². The minimum absolute atomic E-state index is 0.113. The molecule has 0 unspecified atom stereocenters. The Balaban J connectivity index is 1.49. The van der Waals surface area contributed by atoms with Gasteiger partial charge in [0.05, 0.1) is 7.11 Å². The van der Waals surface area contributed by atoms with Gasteiger partial charge in [0.25, 0.3) is 0 Å². The van der Waals surface area contributed by atoms with E-state index in [1.165, 1.54) is 19.3 Å². The summed E-state index contributed by atoms with van der Waals surface area (Å²) in [7, 11) is 1.63. The van der Waals surface area contributed by atoms with Crippen LogP contribution < -0.4 is 10.1 Å². The van der Waals surface area contributed by atoms with Crippen LogP contribution >= 0.6 is 0 Å². The Morgan fingerprint density at radius 1 is 1.32 bits per heavy atom. The van der Waals surface area contributed by atoms with Crippen molar-refractivity contribution in [2.24, 2.45) is 0 Å². The summed E-state index contributed by atoms with van der Waals surface area (Å²) < 4.78 is 7.39. The van der Waals surface area contributed by atoms with Crippen molar-refractivity contribution in [3.8, 4) is 5.75 Å². The van der Waals surface area contributed by atoms with Gasteiger partial charge in [-0.25, -0.2) is 0 Å². The molecule has 25 heavy (non-hydrogen) atoms. The predicted octanol–water partition coefficient (Wildman–Crippen LogP) is 2.39. The molecule has 0 saturated heterocycles. The number of fused-ring (bicyclic) bond motifs is 1. The van der Waals surface area contributed by atoms with E-state index in [9.17, 15) is 4.79 Å². The number of carbonyl (C=O) groups excluding carboxylic acids is 1. The molecule has 0 radical (unpaired) electrons. The molecule has 1 aromatic heterocycles. The summed E-state index contributed by atoms with van der Waals surface area (Å²) >= 11 is 0. The molecule has 1 aliphatic heterocycles. The summed E-state index contributed by atoms with van der Waals surface area (Å²) in [6.45, 7) is 1.54. The zero-order valence-electron chi connectivity index (χ0n) is 14.6. The quantitative estimate of drug-likeness (QED) is 0.820. The van der Waals surface area contributed by atoms with Crippen molar-refractivity contribution in [1.29, 1.82) is 0 Å². The second kappa shape index (κ2) is 8.46. The van der Waals surface area contributed by atoms with E-state index in [2.05, 4.69) is 20.1 Å². The number of methoxy groups -OCH3 is 1. The topological polar surface area (TPSA) is 69.0 Å². The van der Waals surface area contributed by atoms with Crippen LogP contribution in [0.1, 0.15) is 36.5 Å². The highest BCUT2D eigenvalue weighted by Gasteiger charge is 2.14. The lowest BCUT2D eigenvalue weighted by Crippen LogP contribution is -2.24. The molecule has 0 fully saturated rings. The van der Waals surface area contributed by atoms with Crippen molar-refractivity contribution in [2.75, 3.05) is 13.7 Å². The number of hydrogen-bond acceptors (Lipinski definition) is 4. The molecule has 1 aliphatic rings. The van der Waals surface area contributed by atoms with Crippen LogP contribution in [0.3, 0.4) is 0 Å². The number of hydrogen-bond donors (Lipinski definition) is 1. The summed E-state index contributed by atoms with van der Waals surface area (Å²) in [5.74, 6) is 2.71. The number of amides is 1. The molecule has 1 amide bonds. The van der Waals surface area contributed by atoms with E-state index in [4.69, 9.17) is 4.74 Å². The first kappa shape index (κ1) is 17.2. The smallest absolute Gasteiger partial charge is 0.244 e. The van der Waals surface area contributed by atoms with Crippen molar-refractivity contribution < 1.29 is 9.53 Å². The van der Waals surface area contributed by atoms with Crippen molar-refractivity contribution in [3.05, 3.63) is 47.6 Å². The van der Waals surface area contributed by atoms with Crippen molar-refractivity contribution in [1.82, 2.24) is 20.1 Å². The van der Waals surface area contributed by atoms with Crippen LogP contribution in [-0.4, -0.2) is 34.3 Å². The highest BCUT2D eigenvalue weighted by atomic mass is 16.5. The van der Waals surface area contributed by atoms with E-state index in [0.29, 0.717) is 13.0 Å². The standard InChI is InChI=1S/C19H24N4O2/c1-25-16-7-5-6-15(14-16)9-10-19(24)20-12-11-18-22-21-17-8-3-2-4-13-23(17)18/h5-7,9-10,14H,2-4,8,11-13H2,1H3,(H,20,24)/b10-9+. The van der Waals surface area contributed by atoms with Gasteiger partial charge in [0.1, 0.15) is 17.4 Å². The maximum absolute atomic E-state index is 12.0. The number of carbonyl (C=O) groups is 1. The minimum atomic E-state index is -0.113. The highest BCUT2D eigenvalue weighted by Crippen LogP contribution is 2.15. The predicted molar refractivity (Wildman–Crippen MR) is 96.3 cm³/mol. The van der Waals surface area contributed by atoms with Gasteiger partial charge in [-0.15, -0.1) is 10.2 Å². The molecule has 0 bridgehead atoms. The molecule has 0 atom stereocenters. The fourth-order valence-corrected chi connectivity index (χ4v) is 3.00. The van der Waals surface area contributed by atoms with Crippen molar-refractivity contribution >= 4 is 12.0 Å². The molecule has 2 aromatic rings. The monoisotopic (exact) mass is 340 g/mol. The second-order valence-electron chi connectivity index (χ2n) is 6.15. The Morgan fingerprint density at radius 2 is 2.24 bits per heavy atom. The third-order valence-corrected chi connectivity index (χ3v) is 4.35. The summed E-state index contributed by atoms with van der Waals surface area (Å²) in [5, 5.41) is 11.5. The van der Waals surface area contributed by atoms with Gasteiger partial charge in [0.2, 0.25) is 5.91 Å². The van der Waals surface area contributed by atoms with Gasteiger partial charge in [0.15, 0.2) is 0 Å². The van der Waals surface area contributed by atoms with E-state index < -0.39 is 0 Å². The van der Waals surface area contributed by atoms with Crippen LogP contribution in [0, 0.1) is 0 Å². The van der Waals surface area contributed by atoms with Crippen LogP contribution in [0.25, 0.3) is 6.08 Å². The normalized spacial score (nSPS) is 14.1. The Morgan fingerprint density at radius 3 is 3.12 bits per heavy atom. The first-order valence-electron chi connectivity index (χ1n) is 8.77. The Labute approximate surface area is 147 Å². The van der Waals surface area contributed by atoms with E-state index in [-0.39, 0.29) is 5.91 Å². The number of rotatable bonds is 6. The number of benzene rings is 1. The summed E-state index contributed by atoms with van der Waals surface area (Å²) in [6, 6.07) is 7.58. The Kier molecular flexibility index (Phi) is 5.82. The Hall–Kier alpha value is -2.63. The Bertz CT molecular complexity index is 752. The van der Waals surface area contributed by atoms with Gasteiger partial charge >= 0.3 is 0 Å². The zero-order valence-corrected chi connectivity index (χ0v) is 14.6. The fourth-order valence-electron chi connectivity index (χ4n) is 3.00. The molecule has 0 saturated carbocycles. The molecule has 6 nitrogen and oxygen atoms in total. The molecule has 6 heteroatoms. The third kappa shape index (κ3) is 4.68. The third-order valence-electron chi connectivity index (χ3n) is 4.35. The molecular formula is C19H24N4O2. The second-order valence-corrected chi connectivity index (χ2v) is 6.15. The number of ether oxygens (including phenoxy) is 1. The lowest BCUT2D eigenvalue weighted by molar-refractivity contribution is -0.116. The van der Waals surface area contributed by atoms with Crippen molar-refractivity contribution in [3.63, 3.8) is 0 Å². The minimum Gasteiger partial charge on any atom is -0.497 e. The molecule has 1 aromatic carbocycles. The van der Waals surface area contributed by atoms with Gasteiger partial charge in [-0.3, -0.25) is 4.79 Å². The first-order valence-corrected chi connectivity index (χ1v) is 8.77. The van der Waals surface area contributed by atoms with Gasteiger partial charge in [0, 0.05) is 32.0 Å². The molecule has 0 spiro atoms. The molecule has 3 rings (SSSR count). The largest absolute Gasteiger partial charge is 0.497 e. The van der Waals surface area contributed by atoms with E-state index >= 15 is 0 Å². The van der Waals surface area contributed by atoms with Crippen LogP contribution in [-0.2, 0) is 24.2 Å². The lowest BCUT2D eigenvalue weighted by atomic mass is 10.2. The maximum Gasteiger partial charge on any atom is 0.244 e. The maximum atomic E-state index is 12.0. The van der Waals surface area contributed by atoms with Crippen LogP contribution in [0.2, 0.25) is 0 Å². The number of aromatic nitrogens is 3. The van der Waals surface area contributed by atoms with Crippen molar-refractivity contribution in [2.45, 2.75) is 38.6 Å². The van der Waals surface area contributed by atoms with Gasteiger partial charge < -0.3 is 14.6 Å². The molecular weight excluding hydrogens is 316 g/mol. The number of aryl methyl sites for hydroxylation is 1. The summed E-state index contributed by atoms with van der Waals surface area (Å²) in [4.78, 5) is 12.0. The average molecular weight is 340 g/mol. The van der Waals surface area contributed by atoms with E-state index in [0.717, 1.165) is 35.9 Å². The highest BCUT2D eigenvalue weighted by molar-refractivity contribution is 5.91. The van der Waals surface area contributed by atoms with Gasteiger partial charge in [-0.05, 0) is 36.6 Å². The van der Waals surface area contributed by atoms with E-state index in [1.54, 1.807) is 19.3 Å². The van der Waals surface area contributed by atoms with Gasteiger partial charge in [-0.1, -0.05) is 18.6 Å². The number of nitrogens with zero attached hydrogens (tertiary/aromatic N) is 3. The average Bonchev–Trinajstić information content (AvgIpc) is 2.87. The summed E-state index contributed by atoms with van der Waals surface area (Å²) in [5.41, 5.74) is 0.928. The fraction of sp³-hybridized carbons (Fsp3) is 0.421. The first-order chi connectivity index (χ1) is 12.3. The molecule has 132 valence electrons. The SMILES string of the molecule is COc1cccc(/C=C/C(=O)NCCc2nnc3n2CCCCC3)c1. The summed E-state index contributed by atoms with van der Waals surface area (Å²) in [6.07, 6.45) is 8.63. The lowest BCUT2D eigenvalue weighted by Gasteiger charge is -2.07. The molecule has 2 heterocycles. The van der Waals surface area contributed by atoms with Crippen LogP contribution in [0.15, 0.2) is 30.3 Å². The molecule has 0 aliphatic carbocycles. The van der Waals surface area contributed by atoms with Gasteiger partial charge in [-0.2, -0.15) is 0 Å². The molecule has 1 N–H and O–H groups in total. The van der Waals surface area contributed by atoms with Crippen LogP contribution in [0.4, 0.5) is 0 Å². The zero-order chi connectivity index (χ0) is 17.5. The number of nitrogens with one attached hydrogen (secondary N) is 1.